The SMILES string of the molecule is CSP.Cc1ccc(C)c(/C(S)=C(/S)c2ccc(CCBr)cc2)c1. The molecule has 0 aliphatic rings. The third-order valence-corrected chi connectivity index (χ3v) is 5.00. The van der Waals surface area contributed by atoms with E-state index in [1.807, 2.05) is 6.26 Å². The lowest BCUT2D eigenvalue weighted by molar-refractivity contribution is 1.17. The van der Waals surface area contributed by atoms with Gasteiger partial charge in [-0.2, -0.15) is 0 Å². The van der Waals surface area contributed by atoms with Crippen LogP contribution in [-0.2, 0) is 6.42 Å². The molecule has 2 aromatic carbocycles. The Morgan fingerprint density at radius 1 is 1.04 bits per heavy atom. The first-order valence-electron chi connectivity index (χ1n) is 7.52. The number of rotatable bonds is 4. The molecule has 1 atom stereocenters. The molecule has 0 amide bonds. The van der Waals surface area contributed by atoms with Gasteiger partial charge in [-0.05, 0) is 48.8 Å². The Morgan fingerprint density at radius 2 is 1.62 bits per heavy atom. The summed E-state index contributed by atoms with van der Waals surface area (Å²) in [6.45, 7) is 4.20. The van der Waals surface area contributed by atoms with Crippen LogP contribution in [0, 0.1) is 13.8 Å². The van der Waals surface area contributed by atoms with Crippen LogP contribution in [0.25, 0.3) is 9.81 Å². The summed E-state index contributed by atoms with van der Waals surface area (Å²) in [5.41, 5.74) is 6.02. The molecule has 2 aromatic rings. The van der Waals surface area contributed by atoms with Crippen LogP contribution >= 0.6 is 61.0 Å². The van der Waals surface area contributed by atoms with E-state index in [0.29, 0.717) is 0 Å². The molecule has 0 saturated heterocycles. The van der Waals surface area contributed by atoms with Crippen molar-refractivity contribution < 1.29 is 0 Å². The van der Waals surface area contributed by atoms with Gasteiger partial charge in [0.05, 0.1) is 0 Å². The Kier molecular flexibility index (Phi) is 10.8. The lowest BCUT2D eigenvalue weighted by atomic mass is 10.0. The first kappa shape index (κ1) is 22.2. The first-order valence-corrected chi connectivity index (χ1v) is 12.2. The Balaban J connectivity index is 0.000000891. The summed E-state index contributed by atoms with van der Waals surface area (Å²) < 4.78 is 0. The molecule has 0 bridgehead atoms. The standard InChI is InChI=1S/C18H19BrS2.CH5PS/c1-12-3-4-13(2)16(11-12)18(21)17(20)15-7-5-14(6-8-15)9-10-19;1-3-2/h3-8,11,20-21H,9-10H2,1-2H3;2H2,1H3/b18-17-;. The van der Waals surface area contributed by atoms with Crippen LogP contribution in [0.15, 0.2) is 42.5 Å². The second-order valence-electron chi connectivity index (χ2n) is 5.39. The van der Waals surface area contributed by atoms with E-state index in [4.69, 9.17) is 12.6 Å². The second kappa shape index (κ2) is 11.7. The van der Waals surface area contributed by atoms with E-state index in [1.54, 1.807) is 11.4 Å². The van der Waals surface area contributed by atoms with Crippen molar-refractivity contribution in [2.45, 2.75) is 20.3 Å². The van der Waals surface area contributed by atoms with Gasteiger partial charge in [0, 0.05) is 15.1 Å². The molecule has 24 heavy (non-hydrogen) atoms. The molecule has 0 fully saturated rings. The van der Waals surface area contributed by atoms with Crippen molar-refractivity contribution in [1.29, 1.82) is 0 Å². The molecule has 130 valence electrons. The molecular formula is C19H24BrPS3. The average Bonchev–Trinajstić information content (AvgIpc) is 2.57. The maximum absolute atomic E-state index is 4.71. The predicted octanol–water partition coefficient (Wildman–Crippen LogP) is 7.07. The lowest BCUT2D eigenvalue weighted by Gasteiger charge is -2.11. The van der Waals surface area contributed by atoms with E-state index in [1.165, 1.54) is 16.7 Å². The highest BCUT2D eigenvalue weighted by atomic mass is 79.9. The fourth-order valence-corrected chi connectivity index (χ4v) is 3.29. The fraction of sp³-hybridized carbons (Fsp3) is 0.263. The van der Waals surface area contributed by atoms with Crippen molar-refractivity contribution in [3.05, 3.63) is 70.3 Å². The van der Waals surface area contributed by atoms with Gasteiger partial charge in [0.2, 0.25) is 0 Å². The zero-order chi connectivity index (χ0) is 18.1. The fourth-order valence-electron chi connectivity index (χ4n) is 2.19. The third kappa shape index (κ3) is 6.80. The van der Waals surface area contributed by atoms with E-state index in [2.05, 4.69) is 93.3 Å². The van der Waals surface area contributed by atoms with Gasteiger partial charge in [-0.15, -0.1) is 36.6 Å². The normalized spacial score (nSPS) is 11.5. The van der Waals surface area contributed by atoms with E-state index in [9.17, 15) is 0 Å². The first-order chi connectivity index (χ1) is 11.4. The number of aryl methyl sites for hydroxylation is 3. The van der Waals surface area contributed by atoms with Gasteiger partial charge in [-0.25, -0.2) is 0 Å². The summed E-state index contributed by atoms with van der Waals surface area (Å²) in [6, 6.07) is 14.9. The number of hydrogen-bond donors (Lipinski definition) is 2. The zero-order valence-electron chi connectivity index (χ0n) is 14.2. The number of alkyl halides is 1. The summed E-state index contributed by atoms with van der Waals surface area (Å²) in [4.78, 5) is 1.84. The van der Waals surface area contributed by atoms with Crippen LogP contribution in [0.3, 0.4) is 0 Å². The third-order valence-electron chi connectivity index (χ3n) is 3.48. The van der Waals surface area contributed by atoms with Crippen LogP contribution in [0.5, 0.6) is 0 Å². The zero-order valence-corrected chi connectivity index (χ0v) is 19.6. The van der Waals surface area contributed by atoms with Crippen molar-refractivity contribution in [2.24, 2.45) is 0 Å². The van der Waals surface area contributed by atoms with Crippen molar-refractivity contribution in [1.82, 2.24) is 0 Å². The number of halogens is 1. The Hall–Kier alpha value is 0.140. The summed E-state index contributed by atoms with van der Waals surface area (Å²) >= 11 is 14.5. The smallest absolute Gasteiger partial charge is 0.0255 e. The Bertz CT molecular complexity index is 682. The maximum atomic E-state index is 4.71. The molecule has 0 aromatic heterocycles. The number of thiol groups is 2. The maximum Gasteiger partial charge on any atom is 0.0255 e. The molecule has 0 N–H and O–H groups in total. The highest BCUT2D eigenvalue weighted by molar-refractivity contribution is 9.09. The predicted molar refractivity (Wildman–Crippen MR) is 128 cm³/mol. The minimum Gasteiger partial charge on any atom is -0.144 e. The quantitative estimate of drug-likeness (QED) is 0.214. The van der Waals surface area contributed by atoms with Crippen molar-refractivity contribution in [3.63, 3.8) is 0 Å². The molecule has 0 radical (unpaired) electrons. The second-order valence-corrected chi connectivity index (χ2v) is 8.96. The molecule has 0 heterocycles. The summed E-state index contributed by atoms with van der Waals surface area (Å²) in [5, 5.41) is 0.982. The minimum absolute atomic E-state index is 0.914. The number of benzene rings is 2. The topological polar surface area (TPSA) is 0 Å². The highest BCUT2D eigenvalue weighted by Crippen LogP contribution is 2.34. The Morgan fingerprint density at radius 3 is 2.17 bits per heavy atom. The van der Waals surface area contributed by atoms with Crippen LogP contribution in [0.2, 0.25) is 0 Å². The molecule has 0 aliphatic heterocycles. The molecule has 1 unspecified atom stereocenters. The van der Waals surface area contributed by atoms with Crippen LogP contribution in [-0.4, -0.2) is 11.6 Å². The lowest BCUT2D eigenvalue weighted by Crippen LogP contribution is -1.90. The van der Waals surface area contributed by atoms with Gasteiger partial charge >= 0.3 is 0 Å². The molecule has 0 nitrogen and oxygen atoms in total. The van der Waals surface area contributed by atoms with E-state index in [0.717, 1.165) is 32.7 Å². The van der Waals surface area contributed by atoms with Crippen LogP contribution in [0.1, 0.15) is 27.8 Å². The average molecular weight is 459 g/mol. The van der Waals surface area contributed by atoms with Crippen molar-refractivity contribution in [3.8, 4) is 0 Å². The summed E-state index contributed by atoms with van der Waals surface area (Å²) in [7, 11) is 2.50. The molecule has 5 heteroatoms. The van der Waals surface area contributed by atoms with E-state index in [-0.39, 0.29) is 0 Å². The molecular weight excluding hydrogens is 435 g/mol. The Labute approximate surface area is 172 Å². The van der Waals surface area contributed by atoms with Crippen molar-refractivity contribution in [2.75, 3.05) is 11.6 Å². The van der Waals surface area contributed by atoms with Gasteiger partial charge in [-0.1, -0.05) is 72.4 Å². The monoisotopic (exact) mass is 458 g/mol. The van der Waals surface area contributed by atoms with E-state index >= 15 is 0 Å². The molecule has 0 spiro atoms. The van der Waals surface area contributed by atoms with Crippen molar-refractivity contribution >= 4 is 70.8 Å². The molecule has 0 saturated carbocycles. The summed E-state index contributed by atoms with van der Waals surface area (Å²) in [5.74, 6) is 0. The van der Waals surface area contributed by atoms with Gasteiger partial charge in [-0.3, -0.25) is 0 Å². The number of hydrogen-bond acceptors (Lipinski definition) is 3. The molecule has 0 aliphatic carbocycles. The van der Waals surface area contributed by atoms with Gasteiger partial charge in [0.15, 0.2) is 0 Å². The van der Waals surface area contributed by atoms with Gasteiger partial charge in [0.25, 0.3) is 0 Å². The highest BCUT2D eigenvalue weighted by Gasteiger charge is 2.08. The van der Waals surface area contributed by atoms with Crippen LogP contribution < -0.4 is 0 Å². The largest absolute Gasteiger partial charge is 0.144 e. The van der Waals surface area contributed by atoms with Crippen LogP contribution in [0.4, 0.5) is 0 Å². The minimum atomic E-state index is 0.914. The van der Waals surface area contributed by atoms with Gasteiger partial charge < -0.3 is 0 Å². The van der Waals surface area contributed by atoms with E-state index < -0.39 is 0 Å². The molecule has 2 rings (SSSR count). The summed E-state index contributed by atoms with van der Waals surface area (Å²) in [6.07, 6.45) is 3.04. The van der Waals surface area contributed by atoms with Gasteiger partial charge in [0.1, 0.15) is 0 Å².